The molecule has 168 valence electrons. The standard InChI is InChI=1S/C23H17NO9/c1-31-22(30)23-14(27)6-5-12(25)17(23)19(28)16-13(26)7-9-8-24-18-10(15(9)20(16)32-23)3-2-4-11(18)21(29)33-24/h2-4,7,14,17,26-27H,5-6,8H2,1H3/t14-,17?,23-/m0/s1. The van der Waals surface area contributed by atoms with Crippen LogP contribution in [0.15, 0.2) is 33.6 Å². The van der Waals surface area contributed by atoms with Crippen LogP contribution in [0, 0.1) is 5.92 Å². The molecule has 0 saturated heterocycles. The molecule has 3 aliphatic rings. The van der Waals surface area contributed by atoms with Crippen molar-refractivity contribution in [1.29, 1.82) is 0 Å². The number of aromatic hydroxyl groups is 1. The third-order valence-electron chi connectivity index (χ3n) is 6.82. The van der Waals surface area contributed by atoms with E-state index >= 15 is 0 Å². The molecular weight excluding hydrogens is 434 g/mol. The number of aliphatic hydroxyl groups excluding tert-OH is 1. The second kappa shape index (κ2) is 6.32. The Labute approximate surface area is 184 Å². The summed E-state index contributed by atoms with van der Waals surface area (Å²) in [5.41, 5.74) is -1.29. The second-order valence-corrected chi connectivity index (χ2v) is 8.46. The first-order valence-corrected chi connectivity index (χ1v) is 10.3. The minimum atomic E-state index is -2.28. The van der Waals surface area contributed by atoms with Crippen LogP contribution in [0.25, 0.3) is 22.0 Å². The van der Waals surface area contributed by atoms with Gasteiger partial charge in [0, 0.05) is 17.5 Å². The number of methoxy groups -OCH3 is 1. The number of ether oxygens (including phenoxy) is 2. The lowest BCUT2D eigenvalue weighted by molar-refractivity contribution is -0.185. The number of hydrogen-bond donors (Lipinski definition) is 2. The smallest absolute Gasteiger partial charge is 0.365 e. The molecule has 1 saturated carbocycles. The van der Waals surface area contributed by atoms with E-state index in [4.69, 9.17) is 14.0 Å². The van der Waals surface area contributed by atoms with Crippen LogP contribution in [-0.2, 0) is 20.9 Å². The number of para-hydroxylation sites is 1. The molecule has 1 aliphatic carbocycles. The van der Waals surface area contributed by atoms with E-state index < -0.39 is 46.5 Å². The summed E-state index contributed by atoms with van der Waals surface area (Å²) in [5.74, 6) is -4.70. The number of aromatic nitrogens is 1. The van der Waals surface area contributed by atoms with Crippen LogP contribution in [0.5, 0.6) is 11.5 Å². The molecule has 3 atom stereocenters. The summed E-state index contributed by atoms with van der Waals surface area (Å²) in [4.78, 5) is 51.6. The van der Waals surface area contributed by atoms with Crippen molar-refractivity contribution in [3.05, 3.63) is 45.8 Å². The zero-order chi connectivity index (χ0) is 23.2. The number of carbonyl (C=O) groups excluding carboxylic acids is 3. The maximum absolute atomic E-state index is 13.6. The summed E-state index contributed by atoms with van der Waals surface area (Å²) in [6.07, 6.45) is -1.71. The molecule has 3 heterocycles. The summed E-state index contributed by atoms with van der Waals surface area (Å²) in [7, 11) is 1.08. The van der Waals surface area contributed by atoms with E-state index in [0.29, 0.717) is 27.6 Å². The van der Waals surface area contributed by atoms with Crippen LogP contribution >= 0.6 is 0 Å². The molecule has 1 unspecified atom stereocenters. The first-order chi connectivity index (χ1) is 15.8. The Morgan fingerprint density at radius 1 is 1.24 bits per heavy atom. The molecule has 2 N–H and O–H groups in total. The lowest BCUT2D eigenvalue weighted by Crippen LogP contribution is -2.68. The summed E-state index contributed by atoms with van der Waals surface area (Å²) in [5, 5.41) is 21.9. The fraction of sp³-hybridized carbons (Fsp3) is 0.304. The number of benzene rings is 2. The van der Waals surface area contributed by atoms with Gasteiger partial charge in [0.2, 0.25) is 5.60 Å². The Balaban J connectivity index is 1.71. The topological polar surface area (TPSA) is 145 Å². The van der Waals surface area contributed by atoms with Gasteiger partial charge in [-0.1, -0.05) is 12.1 Å². The molecular formula is C23H17NO9. The molecule has 1 fully saturated rings. The molecule has 0 bridgehead atoms. The summed E-state index contributed by atoms with van der Waals surface area (Å²) in [6, 6.07) is 6.28. The van der Waals surface area contributed by atoms with Gasteiger partial charge in [-0.05, 0) is 24.1 Å². The highest BCUT2D eigenvalue weighted by atomic mass is 16.6. The van der Waals surface area contributed by atoms with E-state index in [1.54, 1.807) is 18.2 Å². The Morgan fingerprint density at radius 2 is 2.03 bits per heavy atom. The van der Waals surface area contributed by atoms with Crippen molar-refractivity contribution in [3.8, 4) is 22.6 Å². The van der Waals surface area contributed by atoms with Crippen LogP contribution in [0.2, 0.25) is 0 Å². The van der Waals surface area contributed by atoms with Gasteiger partial charge in [-0.3, -0.25) is 9.59 Å². The predicted octanol–water partition coefficient (Wildman–Crippen LogP) is 1.16. The summed E-state index contributed by atoms with van der Waals surface area (Å²) in [6.45, 7) is 0.0552. The molecule has 0 amide bonds. The van der Waals surface area contributed by atoms with Crippen molar-refractivity contribution in [2.24, 2.45) is 5.92 Å². The van der Waals surface area contributed by atoms with Crippen LogP contribution in [0.4, 0.5) is 0 Å². The van der Waals surface area contributed by atoms with E-state index in [1.807, 2.05) is 0 Å². The number of nitrogens with zero attached hydrogens (tertiary/aromatic N) is 1. The SMILES string of the molecule is COC(=O)[C@@]12Oc3c(c(O)cc4c3-c3cccc5c(=O)on(c35)C4)C(=O)C1C(=O)CC[C@@H]2O. The van der Waals surface area contributed by atoms with Gasteiger partial charge in [0.1, 0.15) is 34.9 Å². The highest BCUT2D eigenvalue weighted by Gasteiger charge is 2.66. The van der Waals surface area contributed by atoms with Gasteiger partial charge >= 0.3 is 11.6 Å². The van der Waals surface area contributed by atoms with Gasteiger partial charge in [0.15, 0.2) is 5.78 Å². The third-order valence-corrected chi connectivity index (χ3v) is 6.82. The minimum Gasteiger partial charge on any atom is -0.507 e. The number of ketones is 2. The van der Waals surface area contributed by atoms with E-state index in [1.165, 1.54) is 10.8 Å². The van der Waals surface area contributed by atoms with Gasteiger partial charge in [-0.25, -0.2) is 14.3 Å². The minimum absolute atomic E-state index is 0.0552. The highest BCUT2D eigenvalue weighted by Crippen LogP contribution is 2.53. The average molecular weight is 451 g/mol. The zero-order valence-electron chi connectivity index (χ0n) is 17.3. The molecule has 1 aromatic heterocycles. The first kappa shape index (κ1) is 19.7. The number of fused-ring (bicyclic) bond motifs is 5. The van der Waals surface area contributed by atoms with Crippen LogP contribution in [0.3, 0.4) is 0 Å². The first-order valence-electron chi connectivity index (χ1n) is 10.3. The number of Topliss-reactive ketones (excluding diaryl/α,β-unsaturated/α-hetero) is 2. The maximum atomic E-state index is 13.6. The number of aliphatic hydroxyl groups is 1. The van der Waals surface area contributed by atoms with Crippen LogP contribution in [-0.4, -0.2) is 51.3 Å². The van der Waals surface area contributed by atoms with E-state index in [0.717, 1.165) is 7.11 Å². The van der Waals surface area contributed by atoms with Crippen molar-refractivity contribution in [2.45, 2.75) is 31.1 Å². The lowest BCUT2D eigenvalue weighted by Gasteiger charge is -2.46. The second-order valence-electron chi connectivity index (χ2n) is 8.46. The normalized spacial score (nSPS) is 25.2. The number of hydrogen-bond acceptors (Lipinski definition) is 9. The quantitative estimate of drug-likeness (QED) is 0.321. The van der Waals surface area contributed by atoms with E-state index in [-0.39, 0.29) is 30.7 Å². The van der Waals surface area contributed by atoms with Crippen LogP contribution in [0.1, 0.15) is 28.8 Å². The molecule has 0 radical (unpaired) electrons. The Morgan fingerprint density at radius 3 is 2.79 bits per heavy atom. The molecule has 0 spiro atoms. The van der Waals surface area contributed by atoms with E-state index in [2.05, 4.69) is 0 Å². The summed E-state index contributed by atoms with van der Waals surface area (Å²) < 4.78 is 17.7. The number of phenols is 1. The van der Waals surface area contributed by atoms with Crippen molar-refractivity contribution in [1.82, 2.24) is 4.74 Å². The number of rotatable bonds is 1. The maximum Gasteiger partial charge on any atom is 0.365 e. The Hall–Kier alpha value is -3.92. The van der Waals surface area contributed by atoms with Gasteiger partial charge < -0.3 is 24.2 Å². The zero-order valence-corrected chi connectivity index (χ0v) is 17.3. The average Bonchev–Trinajstić information content (AvgIpc) is 3.11. The Bertz CT molecular complexity index is 1480. The molecule has 3 aromatic rings. The molecule has 10 nitrogen and oxygen atoms in total. The van der Waals surface area contributed by atoms with Crippen molar-refractivity contribution >= 4 is 28.4 Å². The number of esters is 1. The monoisotopic (exact) mass is 451 g/mol. The van der Waals surface area contributed by atoms with Crippen molar-refractivity contribution in [2.75, 3.05) is 7.11 Å². The number of phenolic OH excluding ortho intramolecular Hbond substituents is 1. The Kier molecular flexibility index (Phi) is 3.78. The molecule has 33 heavy (non-hydrogen) atoms. The van der Waals surface area contributed by atoms with Gasteiger partial charge in [-0.2, -0.15) is 0 Å². The van der Waals surface area contributed by atoms with Gasteiger partial charge in [-0.15, -0.1) is 0 Å². The summed E-state index contributed by atoms with van der Waals surface area (Å²) >= 11 is 0. The molecule has 2 aromatic carbocycles. The predicted molar refractivity (Wildman–Crippen MR) is 110 cm³/mol. The van der Waals surface area contributed by atoms with Crippen molar-refractivity contribution in [3.63, 3.8) is 0 Å². The molecule has 2 aliphatic heterocycles. The fourth-order valence-corrected chi connectivity index (χ4v) is 5.40. The fourth-order valence-electron chi connectivity index (χ4n) is 5.40. The van der Waals surface area contributed by atoms with Gasteiger partial charge in [0.05, 0.1) is 24.6 Å². The lowest BCUT2D eigenvalue weighted by atomic mass is 9.67. The largest absolute Gasteiger partial charge is 0.507 e. The number of carbonyl (C=O) groups is 3. The third kappa shape index (κ3) is 2.25. The highest BCUT2D eigenvalue weighted by molar-refractivity contribution is 6.20. The van der Waals surface area contributed by atoms with Crippen molar-refractivity contribution < 1.29 is 38.6 Å². The van der Waals surface area contributed by atoms with Crippen LogP contribution < -0.4 is 10.4 Å². The van der Waals surface area contributed by atoms with Gasteiger partial charge in [0.25, 0.3) is 0 Å². The van der Waals surface area contributed by atoms with E-state index in [9.17, 15) is 29.4 Å². The molecule has 6 rings (SSSR count). The molecule has 10 heteroatoms.